The first-order valence-corrected chi connectivity index (χ1v) is 9.03. The Kier molecular flexibility index (Phi) is 7.20. The van der Waals surface area contributed by atoms with Crippen LogP contribution in [-0.4, -0.2) is 38.0 Å². The van der Waals surface area contributed by atoms with Gasteiger partial charge in [-0.2, -0.15) is 0 Å². The maximum absolute atomic E-state index is 13.8. The first-order valence-electron chi connectivity index (χ1n) is 9.03. The van der Waals surface area contributed by atoms with E-state index in [-0.39, 0.29) is 18.6 Å². The van der Waals surface area contributed by atoms with Crippen LogP contribution in [0.15, 0.2) is 0 Å². The van der Waals surface area contributed by atoms with Crippen LogP contribution in [0.3, 0.4) is 0 Å². The van der Waals surface area contributed by atoms with Crippen LogP contribution in [0.25, 0.3) is 0 Å². The third-order valence-electron chi connectivity index (χ3n) is 5.48. The van der Waals surface area contributed by atoms with Gasteiger partial charge >= 0.3 is 0 Å². The molecule has 2 nitrogen and oxygen atoms in total. The number of alkyl halides is 3. The topological polar surface area (TPSA) is 18.5 Å². The van der Waals surface area contributed by atoms with Crippen molar-refractivity contribution in [2.75, 3.05) is 13.2 Å². The Balaban J connectivity index is 1.73. The lowest BCUT2D eigenvalue weighted by Gasteiger charge is -2.38. The van der Waals surface area contributed by atoms with E-state index >= 15 is 0 Å². The maximum atomic E-state index is 13.8. The molecule has 0 aromatic heterocycles. The van der Waals surface area contributed by atoms with Gasteiger partial charge in [0.25, 0.3) is 0 Å². The van der Waals surface area contributed by atoms with Crippen LogP contribution in [0.1, 0.15) is 52.9 Å². The Morgan fingerprint density at radius 2 is 1.52 bits per heavy atom. The molecule has 23 heavy (non-hydrogen) atoms. The van der Waals surface area contributed by atoms with Crippen molar-refractivity contribution in [2.24, 2.45) is 23.7 Å². The molecular formula is C18H31F3O2. The second-order valence-corrected chi connectivity index (χ2v) is 7.67. The highest BCUT2D eigenvalue weighted by molar-refractivity contribution is 4.82. The third-order valence-corrected chi connectivity index (χ3v) is 5.48. The number of hydrogen-bond donors (Lipinski definition) is 0. The molecule has 136 valence electrons. The number of rotatable bonds is 6. The van der Waals surface area contributed by atoms with Crippen molar-refractivity contribution < 1.29 is 22.6 Å². The summed E-state index contributed by atoms with van der Waals surface area (Å²) >= 11 is 0. The zero-order valence-corrected chi connectivity index (χ0v) is 14.5. The fourth-order valence-corrected chi connectivity index (χ4v) is 3.84. The largest absolute Gasteiger partial charge is 0.352 e. The van der Waals surface area contributed by atoms with E-state index in [9.17, 15) is 13.2 Å². The van der Waals surface area contributed by atoms with Crippen molar-refractivity contribution in [3.05, 3.63) is 0 Å². The average molecular weight is 336 g/mol. The molecule has 1 aliphatic carbocycles. The standard InChI is InChI=1S/C18H31F3O2/c1-11-9-22-18(23-10-11)15-6-4-14(5-7-15)12(2)8-16(20)17(21)13(3)19/h11-18H,4-10H2,1-3H3. The minimum atomic E-state index is -2.00. The van der Waals surface area contributed by atoms with Gasteiger partial charge in [0.05, 0.1) is 13.2 Å². The summed E-state index contributed by atoms with van der Waals surface area (Å²) in [5.41, 5.74) is 0. The molecule has 2 aliphatic rings. The average Bonchev–Trinajstić information content (AvgIpc) is 2.54. The van der Waals surface area contributed by atoms with E-state index in [0.717, 1.165) is 45.8 Å². The lowest BCUT2D eigenvalue weighted by Crippen LogP contribution is -2.38. The summed E-state index contributed by atoms with van der Waals surface area (Å²) in [4.78, 5) is 0. The molecule has 0 radical (unpaired) electrons. The molecule has 1 aliphatic heterocycles. The van der Waals surface area contributed by atoms with Crippen molar-refractivity contribution in [1.29, 1.82) is 0 Å². The maximum Gasteiger partial charge on any atom is 0.162 e. The Morgan fingerprint density at radius 3 is 2.04 bits per heavy atom. The number of ether oxygens (including phenoxy) is 2. The summed E-state index contributed by atoms with van der Waals surface area (Å²) in [5.74, 6) is 1.33. The lowest BCUT2D eigenvalue weighted by atomic mass is 9.74. The molecular weight excluding hydrogens is 305 g/mol. The van der Waals surface area contributed by atoms with Crippen molar-refractivity contribution in [3.63, 3.8) is 0 Å². The van der Waals surface area contributed by atoms with Gasteiger partial charge in [-0.15, -0.1) is 0 Å². The predicted octanol–water partition coefficient (Wildman–Crippen LogP) is 4.86. The molecule has 1 heterocycles. The van der Waals surface area contributed by atoms with Crippen LogP contribution in [0.5, 0.6) is 0 Å². The second-order valence-electron chi connectivity index (χ2n) is 7.67. The third kappa shape index (κ3) is 5.35. The highest BCUT2D eigenvalue weighted by atomic mass is 19.2. The molecule has 1 saturated carbocycles. The van der Waals surface area contributed by atoms with E-state index in [4.69, 9.17) is 9.47 Å². The van der Waals surface area contributed by atoms with Crippen LogP contribution in [0, 0.1) is 23.7 Å². The molecule has 0 amide bonds. The van der Waals surface area contributed by atoms with E-state index in [2.05, 4.69) is 6.92 Å². The second kappa shape index (κ2) is 8.70. The molecule has 0 bridgehead atoms. The van der Waals surface area contributed by atoms with Gasteiger partial charge in [0, 0.05) is 11.8 Å². The first-order chi connectivity index (χ1) is 10.9. The Hall–Kier alpha value is -0.290. The van der Waals surface area contributed by atoms with Gasteiger partial charge in [-0.1, -0.05) is 13.8 Å². The molecule has 2 rings (SSSR count). The Bertz CT molecular complexity index is 337. The van der Waals surface area contributed by atoms with Crippen LogP contribution < -0.4 is 0 Å². The summed E-state index contributed by atoms with van der Waals surface area (Å²) in [6.07, 6.45) is -1.45. The molecule has 5 heteroatoms. The van der Waals surface area contributed by atoms with Gasteiger partial charge in [0.2, 0.25) is 0 Å². The fourth-order valence-electron chi connectivity index (χ4n) is 3.84. The van der Waals surface area contributed by atoms with Gasteiger partial charge in [0.1, 0.15) is 12.3 Å². The predicted molar refractivity (Wildman–Crippen MR) is 84.4 cm³/mol. The van der Waals surface area contributed by atoms with Gasteiger partial charge in [-0.05, 0) is 50.9 Å². The van der Waals surface area contributed by atoms with E-state index < -0.39 is 18.5 Å². The molecule has 0 spiro atoms. The van der Waals surface area contributed by atoms with Crippen molar-refractivity contribution in [2.45, 2.75) is 77.7 Å². The molecule has 4 atom stereocenters. The molecule has 1 saturated heterocycles. The van der Waals surface area contributed by atoms with E-state index in [1.54, 1.807) is 0 Å². The van der Waals surface area contributed by atoms with Gasteiger partial charge in [-0.3, -0.25) is 0 Å². The smallest absolute Gasteiger partial charge is 0.162 e. The van der Waals surface area contributed by atoms with Gasteiger partial charge < -0.3 is 9.47 Å². The minimum absolute atomic E-state index is 0.0798. The fraction of sp³-hybridized carbons (Fsp3) is 1.00. The zero-order chi connectivity index (χ0) is 17.0. The molecule has 0 N–H and O–H groups in total. The molecule has 0 aromatic carbocycles. The summed E-state index contributed by atoms with van der Waals surface area (Å²) in [7, 11) is 0. The number of hydrogen-bond acceptors (Lipinski definition) is 2. The minimum Gasteiger partial charge on any atom is -0.352 e. The van der Waals surface area contributed by atoms with Crippen molar-refractivity contribution >= 4 is 0 Å². The van der Waals surface area contributed by atoms with E-state index in [1.165, 1.54) is 0 Å². The van der Waals surface area contributed by atoms with Crippen LogP contribution in [-0.2, 0) is 9.47 Å². The normalized spacial score (nSPS) is 37.8. The highest BCUT2D eigenvalue weighted by Gasteiger charge is 2.35. The molecule has 0 aromatic rings. The Labute approximate surface area is 138 Å². The lowest BCUT2D eigenvalue weighted by molar-refractivity contribution is -0.227. The number of halogens is 3. The summed E-state index contributed by atoms with van der Waals surface area (Å²) in [6.45, 7) is 6.66. The van der Waals surface area contributed by atoms with Crippen molar-refractivity contribution in [3.8, 4) is 0 Å². The highest BCUT2D eigenvalue weighted by Crippen LogP contribution is 2.39. The van der Waals surface area contributed by atoms with E-state index in [0.29, 0.717) is 17.8 Å². The quantitative estimate of drug-likeness (QED) is 0.689. The van der Waals surface area contributed by atoms with Crippen LogP contribution in [0.2, 0.25) is 0 Å². The zero-order valence-electron chi connectivity index (χ0n) is 14.5. The monoisotopic (exact) mass is 336 g/mol. The van der Waals surface area contributed by atoms with Gasteiger partial charge in [-0.25, -0.2) is 13.2 Å². The summed E-state index contributed by atoms with van der Waals surface area (Å²) < 4.78 is 51.6. The van der Waals surface area contributed by atoms with Crippen molar-refractivity contribution in [1.82, 2.24) is 0 Å². The van der Waals surface area contributed by atoms with Crippen LogP contribution >= 0.6 is 0 Å². The first kappa shape index (κ1) is 19.0. The molecule has 4 unspecified atom stereocenters. The summed E-state index contributed by atoms with van der Waals surface area (Å²) in [5, 5.41) is 0. The van der Waals surface area contributed by atoms with Gasteiger partial charge in [0.15, 0.2) is 12.5 Å². The summed E-state index contributed by atoms with van der Waals surface area (Å²) in [6, 6.07) is 0. The van der Waals surface area contributed by atoms with Crippen LogP contribution in [0.4, 0.5) is 13.2 Å². The molecule has 2 fully saturated rings. The SMILES string of the molecule is CC1COC(C2CCC(C(C)CC(F)C(F)C(C)F)CC2)OC1. The Morgan fingerprint density at radius 1 is 0.957 bits per heavy atom. The van der Waals surface area contributed by atoms with E-state index in [1.807, 2.05) is 6.92 Å².